The molecule has 1 unspecified atom stereocenters. The summed E-state index contributed by atoms with van der Waals surface area (Å²) in [5.74, 6) is 1.26. The summed E-state index contributed by atoms with van der Waals surface area (Å²) in [6.45, 7) is 1.11. The van der Waals surface area contributed by atoms with Crippen LogP contribution in [0.2, 0.25) is 0 Å². The molecule has 2 atom stereocenters. The monoisotopic (exact) mass is 419 g/mol. The molecule has 29 heavy (non-hydrogen) atoms. The van der Waals surface area contributed by atoms with Gasteiger partial charge in [0.25, 0.3) is 5.91 Å². The van der Waals surface area contributed by atoms with Crippen molar-refractivity contribution in [3.63, 3.8) is 0 Å². The van der Waals surface area contributed by atoms with E-state index in [9.17, 15) is 13.2 Å². The number of hydrogen-bond acceptors (Lipinski definition) is 5. The quantitative estimate of drug-likeness (QED) is 0.710. The molecule has 1 aliphatic rings. The fourth-order valence-electron chi connectivity index (χ4n) is 3.90. The van der Waals surface area contributed by atoms with Crippen LogP contribution in [0.4, 0.5) is 5.69 Å². The van der Waals surface area contributed by atoms with Crippen LogP contribution < -0.4 is 19.7 Å². The molecule has 7 nitrogen and oxygen atoms in total. The number of carbonyl (C=O) groups is 1. The lowest BCUT2D eigenvalue weighted by Gasteiger charge is -2.23. The largest absolute Gasteiger partial charge is 0.497 e. The van der Waals surface area contributed by atoms with Crippen molar-refractivity contribution in [1.82, 2.24) is 0 Å². The molecule has 1 aliphatic heterocycles. The predicted octanol–water partition coefficient (Wildman–Crippen LogP) is 1.47. The van der Waals surface area contributed by atoms with Crippen LogP contribution in [0, 0.1) is 0 Å². The zero-order chi connectivity index (χ0) is 21.0. The SMILES string of the molecule is COc1ccc([C@@H]2CCC[NH+]2CC(=O)Nc2ccccc2S(C)(=O)=O)c(OC)c1. The van der Waals surface area contributed by atoms with Gasteiger partial charge in [0.1, 0.15) is 17.5 Å². The molecule has 2 aromatic rings. The third kappa shape index (κ3) is 4.89. The topological polar surface area (TPSA) is 86.1 Å². The first-order valence-corrected chi connectivity index (χ1v) is 11.4. The van der Waals surface area contributed by atoms with E-state index >= 15 is 0 Å². The number of ether oxygens (including phenoxy) is 2. The Morgan fingerprint density at radius 1 is 1.17 bits per heavy atom. The average molecular weight is 420 g/mol. The molecule has 2 aromatic carbocycles. The Labute approximate surface area is 171 Å². The van der Waals surface area contributed by atoms with Crippen LogP contribution in [0.3, 0.4) is 0 Å². The third-order valence-electron chi connectivity index (χ3n) is 5.25. The van der Waals surface area contributed by atoms with Gasteiger partial charge in [-0.05, 0) is 24.3 Å². The first-order chi connectivity index (χ1) is 13.8. The highest BCUT2D eigenvalue weighted by atomic mass is 32.2. The third-order valence-corrected chi connectivity index (χ3v) is 6.40. The van der Waals surface area contributed by atoms with E-state index in [1.54, 1.807) is 32.4 Å². The highest BCUT2D eigenvalue weighted by molar-refractivity contribution is 7.90. The lowest BCUT2D eigenvalue weighted by atomic mass is 10.0. The minimum Gasteiger partial charge on any atom is -0.497 e. The van der Waals surface area contributed by atoms with Gasteiger partial charge < -0.3 is 19.7 Å². The second-order valence-corrected chi connectivity index (χ2v) is 9.19. The summed E-state index contributed by atoms with van der Waals surface area (Å²) in [5, 5.41) is 2.77. The van der Waals surface area contributed by atoms with E-state index in [0.29, 0.717) is 5.69 Å². The van der Waals surface area contributed by atoms with Crippen LogP contribution >= 0.6 is 0 Å². The van der Waals surface area contributed by atoms with Crippen molar-refractivity contribution in [1.29, 1.82) is 0 Å². The number of carbonyl (C=O) groups excluding carboxylic acids is 1. The molecular formula is C21H27N2O5S+. The van der Waals surface area contributed by atoms with E-state index in [1.165, 1.54) is 6.07 Å². The second kappa shape index (κ2) is 8.84. The van der Waals surface area contributed by atoms with Crippen LogP contribution in [-0.2, 0) is 14.6 Å². The number of benzene rings is 2. The summed E-state index contributed by atoms with van der Waals surface area (Å²) in [5.41, 5.74) is 1.36. The van der Waals surface area contributed by atoms with Crippen molar-refractivity contribution < 1.29 is 27.6 Å². The Morgan fingerprint density at radius 2 is 1.93 bits per heavy atom. The number of amides is 1. The molecule has 8 heteroatoms. The zero-order valence-corrected chi connectivity index (χ0v) is 17.7. The van der Waals surface area contributed by atoms with Gasteiger partial charge in [-0.2, -0.15) is 0 Å². The summed E-state index contributed by atoms with van der Waals surface area (Å²) in [4.78, 5) is 14.0. The predicted molar refractivity (Wildman–Crippen MR) is 110 cm³/mol. The average Bonchev–Trinajstić information content (AvgIpc) is 3.14. The molecule has 0 bridgehead atoms. The van der Waals surface area contributed by atoms with E-state index in [0.717, 1.165) is 47.6 Å². The molecule has 156 valence electrons. The maximum Gasteiger partial charge on any atom is 0.279 e. The maximum absolute atomic E-state index is 12.7. The summed E-state index contributed by atoms with van der Waals surface area (Å²) >= 11 is 0. The molecule has 2 N–H and O–H groups in total. The van der Waals surface area contributed by atoms with Crippen molar-refractivity contribution in [2.24, 2.45) is 0 Å². The van der Waals surface area contributed by atoms with E-state index in [-0.39, 0.29) is 23.4 Å². The number of quaternary nitrogens is 1. The standard InChI is InChI=1S/C21H26N2O5S/c1-27-15-10-11-16(19(13-15)28-2)18-8-6-12-23(18)14-21(24)22-17-7-4-5-9-20(17)29(3,25)26/h4-5,7,9-11,13,18H,6,8,12,14H2,1-3H3,(H,22,24)/p+1/t18-/m0/s1. The molecule has 0 aromatic heterocycles. The molecule has 0 aliphatic carbocycles. The number of likely N-dealkylation sites (tertiary alicyclic amines) is 1. The minimum atomic E-state index is -3.43. The molecule has 1 amide bonds. The summed E-state index contributed by atoms with van der Waals surface area (Å²) < 4.78 is 34.7. The zero-order valence-electron chi connectivity index (χ0n) is 16.9. The Balaban J connectivity index is 1.76. The van der Waals surface area contributed by atoms with Gasteiger partial charge in [-0.25, -0.2) is 8.42 Å². The molecule has 0 radical (unpaired) electrons. The summed E-state index contributed by atoms with van der Waals surface area (Å²) in [6, 6.07) is 12.3. The fourth-order valence-corrected chi connectivity index (χ4v) is 4.74. The molecule has 1 fully saturated rings. The second-order valence-electron chi connectivity index (χ2n) is 7.20. The minimum absolute atomic E-state index is 0.123. The van der Waals surface area contributed by atoms with Gasteiger partial charge in [0.05, 0.1) is 36.9 Å². The highest BCUT2D eigenvalue weighted by Crippen LogP contribution is 2.31. The molecule has 1 heterocycles. The number of sulfone groups is 1. The first kappa shape index (κ1) is 21.1. The Morgan fingerprint density at radius 3 is 2.62 bits per heavy atom. The van der Waals surface area contributed by atoms with Gasteiger partial charge in [-0.1, -0.05) is 12.1 Å². The van der Waals surface area contributed by atoms with Crippen LogP contribution in [0.25, 0.3) is 0 Å². The van der Waals surface area contributed by atoms with E-state index in [4.69, 9.17) is 9.47 Å². The summed E-state index contributed by atoms with van der Waals surface area (Å²) in [7, 11) is -0.188. The van der Waals surface area contributed by atoms with Gasteiger partial charge in [0, 0.05) is 25.2 Å². The van der Waals surface area contributed by atoms with Crippen LogP contribution in [-0.4, -0.2) is 47.9 Å². The van der Waals surface area contributed by atoms with Crippen LogP contribution in [0.15, 0.2) is 47.4 Å². The highest BCUT2D eigenvalue weighted by Gasteiger charge is 2.34. The van der Waals surface area contributed by atoms with E-state index in [2.05, 4.69) is 5.32 Å². The lowest BCUT2D eigenvalue weighted by molar-refractivity contribution is -0.910. The smallest absolute Gasteiger partial charge is 0.279 e. The van der Waals surface area contributed by atoms with Crippen molar-refractivity contribution >= 4 is 21.4 Å². The van der Waals surface area contributed by atoms with Crippen molar-refractivity contribution in [3.05, 3.63) is 48.0 Å². The van der Waals surface area contributed by atoms with Gasteiger partial charge in [0.2, 0.25) is 0 Å². The molecule has 1 saturated heterocycles. The molecule has 3 rings (SSSR count). The first-order valence-electron chi connectivity index (χ1n) is 9.49. The van der Waals surface area contributed by atoms with Crippen LogP contribution in [0.5, 0.6) is 11.5 Å². The number of methoxy groups -OCH3 is 2. The molecule has 0 saturated carbocycles. The summed E-state index contributed by atoms with van der Waals surface area (Å²) in [6.07, 6.45) is 3.09. The molecule has 0 spiro atoms. The van der Waals surface area contributed by atoms with Gasteiger partial charge in [-0.3, -0.25) is 4.79 Å². The van der Waals surface area contributed by atoms with Gasteiger partial charge in [0.15, 0.2) is 16.4 Å². The van der Waals surface area contributed by atoms with Crippen molar-refractivity contribution in [2.45, 2.75) is 23.8 Å². The maximum atomic E-state index is 12.7. The normalized spacial score (nSPS) is 19.0. The Hall–Kier alpha value is -2.58. The number of nitrogens with one attached hydrogen (secondary N) is 2. The van der Waals surface area contributed by atoms with E-state index < -0.39 is 9.84 Å². The number of para-hydroxylation sites is 1. The van der Waals surface area contributed by atoms with Crippen molar-refractivity contribution in [2.75, 3.05) is 38.9 Å². The van der Waals surface area contributed by atoms with Gasteiger partial charge >= 0.3 is 0 Å². The molecular weight excluding hydrogens is 392 g/mol. The van der Waals surface area contributed by atoms with Crippen molar-refractivity contribution in [3.8, 4) is 11.5 Å². The number of hydrogen-bond donors (Lipinski definition) is 2. The fraction of sp³-hybridized carbons (Fsp3) is 0.381. The van der Waals surface area contributed by atoms with E-state index in [1.807, 2.05) is 18.2 Å². The Bertz CT molecular complexity index is 990. The Kier molecular flexibility index (Phi) is 6.44. The lowest BCUT2D eigenvalue weighted by Crippen LogP contribution is -3.11. The van der Waals surface area contributed by atoms with Crippen LogP contribution in [0.1, 0.15) is 24.4 Å². The number of rotatable bonds is 7. The van der Waals surface area contributed by atoms with Gasteiger partial charge in [-0.15, -0.1) is 0 Å². The number of anilines is 1.